The third-order valence-electron chi connectivity index (χ3n) is 4.53. The van der Waals surface area contributed by atoms with Gasteiger partial charge in [-0.25, -0.2) is 9.97 Å². The maximum absolute atomic E-state index is 13.1. The van der Waals surface area contributed by atoms with Crippen LogP contribution in [0.5, 0.6) is 5.75 Å². The maximum Gasteiger partial charge on any atom is 0.269 e. The summed E-state index contributed by atoms with van der Waals surface area (Å²) < 4.78 is 5.80. The minimum Gasteiger partial charge on any atom is -0.481 e. The molecule has 0 unspecified atom stereocenters. The fourth-order valence-electron chi connectivity index (χ4n) is 3.11. The van der Waals surface area contributed by atoms with E-state index in [4.69, 9.17) is 26.3 Å². The van der Waals surface area contributed by atoms with Gasteiger partial charge in [0, 0.05) is 25.2 Å². The molecular weight excluding hydrogens is 364 g/mol. The van der Waals surface area contributed by atoms with Gasteiger partial charge in [0.25, 0.3) is 5.91 Å². The molecule has 3 aromatic rings. The minimum absolute atomic E-state index is 0.158. The predicted octanol–water partition coefficient (Wildman–Crippen LogP) is 3.53. The normalized spacial score (nSPS) is 14.8. The van der Waals surface area contributed by atoms with Crippen LogP contribution < -0.4 is 14.5 Å². The second kappa shape index (κ2) is 7.04. The highest BCUT2D eigenvalue weighted by Gasteiger charge is 2.31. The SMILES string of the molecule is C[C@@H](Oc1cccc(Cl)c1)C(=O)N1CCN(C)c2nc3ccccc3nc21. The zero-order chi connectivity index (χ0) is 19.0. The van der Waals surface area contributed by atoms with E-state index in [0.717, 1.165) is 11.0 Å². The highest BCUT2D eigenvalue weighted by molar-refractivity contribution is 6.30. The van der Waals surface area contributed by atoms with Crippen molar-refractivity contribution in [3.63, 3.8) is 0 Å². The van der Waals surface area contributed by atoms with Crippen molar-refractivity contribution in [2.24, 2.45) is 0 Å². The number of amides is 1. The predicted molar refractivity (Wildman–Crippen MR) is 107 cm³/mol. The van der Waals surface area contributed by atoms with Crippen LogP contribution in [0, 0.1) is 0 Å². The number of hydrogen-bond acceptors (Lipinski definition) is 5. The van der Waals surface area contributed by atoms with Crippen LogP contribution in [-0.4, -0.2) is 42.1 Å². The molecule has 2 heterocycles. The van der Waals surface area contributed by atoms with E-state index < -0.39 is 6.10 Å². The Morgan fingerprint density at radius 1 is 1.07 bits per heavy atom. The lowest BCUT2D eigenvalue weighted by molar-refractivity contribution is -0.124. The molecule has 0 saturated heterocycles. The number of benzene rings is 2. The van der Waals surface area contributed by atoms with Crippen molar-refractivity contribution in [3.05, 3.63) is 53.6 Å². The fraction of sp³-hybridized carbons (Fsp3) is 0.250. The molecule has 0 saturated carbocycles. The lowest BCUT2D eigenvalue weighted by Crippen LogP contribution is -2.48. The smallest absolute Gasteiger partial charge is 0.269 e. The zero-order valence-electron chi connectivity index (χ0n) is 15.1. The number of para-hydroxylation sites is 2. The number of halogens is 1. The van der Waals surface area contributed by atoms with Gasteiger partial charge in [0.15, 0.2) is 17.7 Å². The maximum atomic E-state index is 13.1. The summed E-state index contributed by atoms with van der Waals surface area (Å²) in [5.41, 5.74) is 1.56. The molecule has 0 bridgehead atoms. The fourth-order valence-corrected chi connectivity index (χ4v) is 3.29. The number of aromatic nitrogens is 2. The van der Waals surface area contributed by atoms with Gasteiger partial charge in [-0.05, 0) is 37.3 Å². The topological polar surface area (TPSA) is 58.6 Å². The molecule has 7 heteroatoms. The van der Waals surface area contributed by atoms with Crippen molar-refractivity contribution in [2.45, 2.75) is 13.0 Å². The molecule has 0 radical (unpaired) electrons. The van der Waals surface area contributed by atoms with Gasteiger partial charge in [0.2, 0.25) is 0 Å². The van der Waals surface area contributed by atoms with E-state index >= 15 is 0 Å². The van der Waals surface area contributed by atoms with Gasteiger partial charge in [-0.1, -0.05) is 29.8 Å². The van der Waals surface area contributed by atoms with Crippen LogP contribution in [0.2, 0.25) is 5.02 Å². The molecule has 1 atom stereocenters. The molecule has 1 aromatic heterocycles. The van der Waals surface area contributed by atoms with Crippen molar-refractivity contribution in [1.82, 2.24) is 9.97 Å². The van der Waals surface area contributed by atoms with Gasteiger partial charge in [-0.2, -0.15) is 0 Å². The number of anilines is 2. The second-order valence-corrected chi connectivity index (χ2v) is 6.92. The number of carbonyl (C=O) groups is 1. The number of ether oxygens (including phenoxy) is 1. The summed E-state index contributed by atoms with van der Waals surface area (Å²) in [6.07, 6.45) is -0.673. The number of nitrogens with zero attached hydrogens (tertiary/aromatic N) is 4. The van der Waals surface area contributed by atoms with Crippen LogP contribution in [0.15, 0.2) is 48.5 Å². The third-order valence-corrected chi connectivity index (χ3v) is 4.77. The highest BCUT2D eigenvalue weighted by atomic mass is 35.5. The Labute approximate surface area is 162 Å². The monoisotopic (exact) mass is 382 g/mol. The van der Waals surface area contributed by atoms with E-state index in [9.17, 15) is 4.79 Å². The first-order chi connectivity index (χ1) is 13.0. The Balaban J connectivity index is 1.65. The molecule has 2 aromatic carbocycles. The van der Waals surface area contributed by atoms with E-state index in [0.29, 0.717) is 35.5 Å². The Bertz CT molecular complexity index is 1010. The van der Waals surface area contributed by atoms with Crippen LogP contribution in [-0.2, 0) is 4.79 Å². The Hall–Kier alpha value is -2.86. The van der Waals surface area contributed by atoms with Crippen molar-refractivity contribution in [3.8, 4) is 5.75 Å². The first-order valence-electron chi connectivity index (χ1n) is 8.74. The van der Waals surface area contributed by atoms with Crippen LogP contribution in [0.3, 0.4) is 0 Å². The van der Waals surface area contributed by atoms with Crippen molar-refractivity contribution < 1.29 is 9.53 Å². The summed E-state index contributed by atoms with van der Waals surface area (Å²) in [5.74, 6) is 1.66. The summed E-state index contributed by atoms with van der Waals surface area (Å²) in [6.45, 7) is 2.93. The van der Waals surface area contributed by atoms with Crippen LogP contribution in [0.4, 0.5) is 11.6 Å². The molecule has 0 spiro atoms. The molecule has 4 rings (SSSR count). The number of rotatable bonds is 3. The number of likely N-dealkylation sites (N-methyl/N-ethyl adjacent to an activating group) is 1. The lowest BCUT2D eigenvalue weighted by atomic mass is 10.2. The number of hydrogen-bond donors (Lipinski definition) is 0. The first-order valence-corrected chi connectivity index (χ1v) is 9.12. The summed E-state index contributed by atoms with van der Waals surface area (Å²) in [5, 5.41) is 0.564. The lowest BCUT2D eigenvalue weighted by Gasteiger charge is -2.34. The summed E-state index contributed by atoms with van der Waals surface area (Å²) in [6, 6.07) is 14.7. The molecule has 27 heavy (non-hydrogen) atoms. The van der Waals surface area contributed by atoms with E-state index in [-0.39, 0.29) is 5.91 Å². The molecule has 6 nitrogen and oxygen atoms in total. The largest absolute Gasteiger partial charge is 0.481 e. The average Bonchev–Trinajstić information content (AvgIpc) is 2.66. The van der Waals surface area contributed by atoms with E-state index in [1.54, 1.807) is 36.1 Å². The zero-order valence-corrected chi connectivity index (χ0v) is 15.8. The van der Waals surface area contributed by atoms with Gasteiger partial charge in [0.1, 0.15) is 5.75 Å². The van der Waals surface area contributed by atoms with Crippen molar-refractivity contribution in [1.29, 1.82) is 0 Å². The Morgan fingerprint density at radius 3 is 2.48 bits per heavy atom. The van der Waals surface area contributed by atoms with Crippen molar-refractivity contribution >= 4 is 40.2 Å². The second-order valence-electron chi connectivity index (χ2n) is 6.49. The van der Waals surface area contributed by atoms with Gasteiger partial charge in [-0.15, -0.1) is 0 Å². The molecule has 1 amide bonds. The van der Waals surface area contributed by atoms with E-state index in [1.165, 1.54) is 0 Å². The van der Waals surface area contributed by atoms with Crippen molar-refractivity contribution in [2.75, 3.05) is 29.9 Å². The van der Waals surface area contributed by atoms with Gasteiger partial charge in [0.05, 0.1) is 11.0 Å². The van der Waals surface area contributed by atoms with Gasteiger partial charge >= 0.3 is 0 Å². The summed E-state index contributed by atoms with van der Waals surface area (Å²) >= 11 is 6.00. The highest BCUT2D eigenvalue weighted by Crippen LogP contribution is 2.31. The molecule has 138 valence electrons. The molecule has 0 fully saturated rings. The molecule has 1 aliphatic heterocycles. The molecule has 1 aliphatic rings. The Kier molecular flexibility index (Phi) is 4.58. The average molecular weight is 383 g/mol. The first kappa shape index (κ1) is 17.5. The molecular formula is C20H19ClN4O2. The standard InChI is InChI=1S/C20H19ClN4O2/c1-13(27-15-7-5-6-14(21)12-15)20(26)25-11-10-24(2)18-19(25)23-17-9-4-3-8-16(17)22-18/h3-9,12-13H,10-11H2,1-2H3/t13-/m1/s1. The number of carbonyl (C=O) groups excluding carboxylic acids is 1. The summed E-state index contributed by atoms with van der Waals surface area (Å²) in [7, 11) is 1.95. The van der Waals surface area contributed by atoms with E-state index in [2.05, 4.69) is 0 Å². The van der Waals surface area contributed by atoms with E-state index in [1.807, 2.05) is 36.2 Å². The number of fused-ring (bicyclic) bond motifs is 2. The van der Waals surface area contributed by atoms with Crippen LogP contribution >= 0.6 is 11.6 Å². The minimum atomic E-state index is -0.673. The quantitative estimate of drug-likeness (QED) is 0.693. The van der Waals surface area contributed by atoms with Gasteiger partial charge < -0.3 is 9.64 Å². The van der Waals surface area contributed by atoms with Crippen LogP contribution in [0.1, 0.15) is 6.92 Å². The third kappa shape index (κ3) is 3.40. The van der Waals surface area contributed by atoms with Crippen LogP contribution in [0.25, 0.3) is 11.0 Å². The Morgan fingerprint density at radius 2 is 1.78 bits per heavy atom. The molecule has 0 N–H and O–H groups in total. The van der Waals surface area contributed by atoms with Gasteiger partial charge in [-0.3, -0.25) is 9.69 Å². The molecule has 0 aliphatic carbocycles. The summed E-state index contributed by atoms with van der Waals surface area (Å²) in [4.78, 5) is 26.1.